The molecule has 0 aromatic heterocycles. The number of ether oxygens (including phenoxy) is 1. The average molecular weight is 683 g/mol. The van der Waals surface area contributed by atoms with Crippen LogP contribution in [0.25, 0.3) is 0 Å². The minimum absolute atomic E-state index is 0.128. The standard InChI is InChI=1S/C37H58N6O6/c1-24(2)17-27(33(45)38-6)20-32(44)29(18-25-13-9-7-10-14-25)41-35(47)31(21-28-22-39-23-40-28)42-34(46)30(19-26-15-11-8-12-16-26)43-36(48)49-37(3,4)5/h8,11-12,15-16,22-25,27-32,44H,7,9-10,13-14,17-21H2,1-6H3,(H,38,45)(H,41,47)(H,42,46)(H,43,48)/t27-,28?,29+,30+,31+,32+/m1/s1. The maximum absolute atomic E-state index is 14.1. The van der Waals surface area contributed by atoms with Gasteiger partial charge in [0.15, 0.2) is 0 Å². The summed E-state index contributed by atoms with van der Waals surface area (Å²) in [5.74, 6) is -1.02. The van der Waals surface area contributed by atoms with Gasteiger partial charge in [-0.15, -0.1) is 0 Å². The van der Waals surface area contributed by atoms with Crippen molar-refractivity contribution in [3.05, 3.63) is 35.9 Å². The van der Waals surface area contributed by atoms with Crippen molar-refractivity contribution in [1.82, 2.24) is 21.3 Å². The Bertz CT molecular complexity index is 1260. The molecule has 6 atom stereocenters. The fourth-order valence-corrected chi connectivity index (χ4v) is 6.59. The van der Waals surface area contributed by atoms with Gasteiger partial charge in [-0.25, -0.2) is 9.79 Å². The van der Waals surface area contributed by atoms with Crippen LogP contribution in [-0.4, -0.2) is 84.4 Å². The SMILES string of the molecule is CNC(=O)[C@H](CC(C)C)C[C@H](O)[C@H](CC1CCCCC1)NC(=O)[C@H](CC1C=NC=N1)NC(=O)[C@H](Cc1ccccc1)NC(=O)OC(C)(C)C. The van der Waals surface area contributed by atoms with Gasteiger partial charge in [-0.05, 0) is 57.4 Å². The van der Waals surface area contributed by atoms with Crippen molar-refractivity contribution in [1.29, 1.82) is 0 Å². The van der Waals surface area contributed by atoms with Gasteiger partial charge < -0.3 is 31.1 Å². The number of alkyl carbamates (subject to hydrolysis) is 1. The Balaban J connectivity index is 1.85. The summed E-state index contributed by atoms with van der Waals surface area (Å²) in [6.07, 6.45) is 8.34. The molecule has 5 N–H and O–H groups in total. The van der Waals surface area contributed by atoms with E-state index >= 15 is 0 Å². The Morgan fingerprint density at radius 2 is 1.57 bits per heavy atom. The number of benzene rings is 1. The van der Waals surface area contributed by atoms with Gasteiger partial charge in [0.2, 0.25) is 17.7 Å². The van der Waals surface area contributed by atoms with Gasteiger partial charge >= 0.3 is 6.09 Å². The predicted octanol–water partition coefficient (Wildman–Crippen LogP) is 4.09. The number of rotatable bonds is 17. The topological polar surface area (TPSA) is 171 Å². The highest BCUT2D eigenvalue weighted by Gasteiger charge is 2.35. The fourth-order valence-electron chi connectivity index (χ4n) is 6.59. The Hall–Kier alpha value is -3.80. The number of nitrogens with one attached hydrogen (secondary N) is 4. The Kier molecular flexibility index (Phi) is 15.7. The summed E-state index contributed by atoms with van der Waals surface area (Å²) in [6, 6.07) is 6.11. The summed E-state index contributed by atoms with van der Waals surface area (Å²) in [6.45, 7) is 9.28. The molecule has 0 bridgehead atoms. The summed E-state index contributed by atoms with van der Waals surface area (Å²) in [7, 11) is 1.59. The van der Waals surface area contributed by atoms with Crippen LogP contribution in [0.1, 0.15) is 98.0 Å². The van der Waals surface area contributed by atoms with Crippen molar-refractivity contribution in [2.45, 2.75) is 135 Å². The van der Waals surface area contributed by atoms with E-state index in [1.54, 1.807) is 34.0 Å². The molecule has 49 heavy (non-hydrogen) atoms. The third-order valence-electron chi connectivity index (χ3n) is 8.99. The van der Waals surface area contributed by atoms with Crippen LogP contribution in [0.2, 0.25) is 0 Å². The number of aliphatic hydroxyl groups excluding tert-OH is 1. The molecule has 272 valence electrons. The zero-order valence-electron chi connectivity index (χ0n) is 30.1. The van der Waals surface area contributed by atoms with E-state index in [1.807, 2.05) is 44.2 Å². The van der Waals surface area contributed by atoms with Crippen LogP contribution in [0.3, 0.4) is 0 Å². The molecule has 1 aromatic rings. The lowest BCUT2D eigenvalue weighted by atomic mass is 9.81. The summed E-state index contributed by atoms with van der Waals surface area (Å²) in [5, 5.41) is 23.0. The molecule has 12 heteroatoms. The van der Waals surface area contributed by atoms with Gasteiger partial charge in [0.05, 0.1) is 18.2 Å². The number of aliphatic imine (C=N–C) groups is 2. The second-order valence-corrected chi connectivity index (χ2v) is 14.9. The zero-order valence-corrected chi connectivity index (χ0v) is 30.1. The second kappa shape index (κ2) is 19.4. The van der Waals surface area contributed by atoms with Gasteiger partial charge in [0.25, 0.3) is 0 Å². The third-order valence-corrected chi connectivity index (χ3v) is 8.99. The Morgan fingerprint density at radius 1 is 0.898 bits per heavy atom. The lowest BCUT2D eigenvalue weighted by molar-refractivity contribution is -0.131. The number of hydrogen-bond donors (Lipinski definition) is 5. The summed E-state index contributed by atoms with van der Waals surface area (Å²) >= 11 is 0. The number of carbonyl (C=O) groups is 4. The monoisotopic (exact) mass is 682 g/mol. The predicted molar refractivity (Wildman–Crippen MR) is 191 cm³/mol. The third kappa shape index (κ3) is 14.3. The fraction of sp³-hybridized carbons (Fsp3) is 0.676. The molecule has 1 saturated carbocycles. The van der Waals surface area contributed by atoms with Crippen molar-refractivity contribution in [2.24, 2.45) is 27.7 Å². The lowest BCUT2D eigenvalue weighted by Gasteiger charge is -2.33. The van der Waals surface area contributed by atoms with Crippen LogP contribution >= 0.6 is 0 Å². The van der Waals surface area contributed by atoms with Crippen LogP contribution < -0.4 is 21.3 Å². The highest BCUT2D eigenvalue weighted by molar-refractivity contribution is 5.92. The zero-order chi connectivity index (χ0) is 36.0. The van der Waals surface area contributed by atoms with E-state index in [2.05, 4.69) is 31.3 Å². The van der Waals surface area contributed by atoms with E-state index in [-0.39, 0.29) is 31.1 Å². The molecule has 1 aromatic carbocycles. The first kappa shape index (κ1) is 39.6. The molecule has 1 unspecified atom stereocenters. The van der Waals surface area contributed by atoms with Gasteiger partial charge in [0.1, 0.15) is 24.0 Å². The molecule has 3 rings (SSSR count). The van der Waals surface area contributed by atoms with Crippen molar-refractivity contribution in [3.63, 3.8) is 0 Å². The minimum Gasteiger partial charge on any atom is -0.444 e. The normalized spacial score (nSPS) is 19.4. The molecule has 0 saturated heterocycles. The van der Waals surface area contributed by atoms with Crippen molar-refractivity contribution < 1.29 is 29.0 Å². The first-order valence-electron chi connectivity index (χ1n) is 17.8. The quantitative estimate of drug-likeness (QED) is 0.166. The first-order chi connectivity index (χ1) is 23.2. The average Bonchev–Trinajstić information content (AvgIpc) is 3.56. The number of nitrogens with zero attached hydrogens (tertiary/aromatic N) is 2. The molecule has 4 amide bonds. The lowest BCUT2D eigenvalue weighted by Crippen LogP contribution is -2.57. The molecule has 12 nitrogen and oxygen atoms in total. The first-order valence-corrected chi connectivity index (χ1v) is 17.8. The summed E-state index contributed by atoms with van der Waals surface area (Å²) in [5.41, 5.74) is 0.0373. The molecule has 1 aliphatic carbocycles. The molecule has 1 fully saturated rings. The van der Waals surface area contributed by atoms with Crippen molar-refractivity contribution in [2.75, 3.05) is 7.05 Å². The van der Waals surface area contributed by atoms with Gasteiger partial charge in [-0.2, -0.15) is 0 Å². The molecule has 1 heterocycles. The maximum Gasteiger partial charge on any atom is 0.408 e. The number of amides is 4. The van der Waals surface area contributed by atoms with Crippen LogP contribution in [-0.2, 0) is 25.5 Å². The molecule has 0 spiro atoms. The van der Waals surface area contributed by atoms with Crippen LogP contribution in [0.4, 0.5) is 4.79 Å². The van der Waals surface area contributed by atoms with E-state index in [0.29, 0.717) is 18.8 Å². The van der Waals surface area contributed by atoms with E-state index < -0.39 is 59.7 Å². The van der Waals surface area contributed by atoms with Gasteiger partial charge in [-0.3, -0.25) is 19.4 Å². The number of hydrogen-bond acceptors (Lipinski definition) is 8. The summed E-state index contributed by atoms with van der Waals surface area (Å²) < 4.78 is 5.45. The second-order valence-electron chi connectivity index (χ2n) is 14.9. The van der Waals surface area contributed by atoms with E-state index in [1.165, 1.54) is 12.8 Å². The largest absolute Gasteiger partial charge is 0.444 e. The molecule has 0 radical (unpaired) electrons. The smallest absolute Gasteiger partial charge is 0.408 e. The highest BCUT2D eigenvalue weighted by atomic mass is 16.6. The molecular formula is C37H58N6O6. The van der Waals surface area contributed by atoms with Crippen LogP contribution in [0.5, 0.6) is 0 Å². The molecule has 2 aliphatic rings. The summed E-state index contributed by atoms with van der Waals surface area (Å²) in [4.78, 5) is 62.0. The van der Waals surface area contributed by atoms with Crippen molar-refractivity contribution in [3.8, 4) is 0 Å². The maximum atomic E-state index is 14.1. The molecule has 1 aliphatic heterocycles. The van der Waals surface area contributed by atoms with Crippen LogP contribution in [0, 0.1) is 17.8 Å². The highest BCUT2D eigenvalue weighted by Crippen LogP contribution is 2.30. The van der Waals surface area contributed by atoms with Crippen molar-refractivity contribution >= 4 is 36.4 Å². The Morgan fingerprint density at radius 3 is 2.16 bits per heavy atom. The van der Waals surface area contributed by atoms with Gasteiger partial charge in [0, 0.05) is 32.0 Å². The molecular weight excluding hydrogens is 624 g/mol. The van der Waals surface area contributed by atoms with E-state index in [4.69, 9.17) is 4.74 Å². The number of aliphatic hydroxyl groups is 1. The van der Waals surface area contributed by atoms with E-state index in [9.17, 15) is 24.3 Å². The number of carbonyl (C=O) groups excluding carboxylic acids is 4. The van der Waals surface area contributed by atoms with Gasteiger partial charge in [-0.1, -0.05) is 76.3 Å². The van der Waals surface area contributed by atoms with E-state index in [0.717, 1.165) is 31.2 Å². The van der Waals surface area contributed by atoms with Crippen LogP contribution in [0.15, 0.2) is 40.3 Å². The minimum atomic E-state index is -1.05. The Labute approximate surface area is 291 Å².